The lowest BCUT2D eigenvalue weighted by Crippen LogP contribution is -2.54. The molecule has 2 aromatic rings. The van der Waals surface area contributed by atoms with Gasteiger partial charge in [-0.3, -0.25) is 9.59 Å². The van der Waals surface area contributed by atoms with Crippen molar-refractivity contribution in [3.63, 3.8) is 0 Å². The van der Waals surface area contributed by atoms with Gasteiger partial charge in [-0.05, 0) is 87.2 Å². The van der Waals surface area contributed by atoms with Gasteiger partial charge >= 0.3 is 6.03 Å². The second-order valence-electron chi connectivity index (χ2n) is 12.5. The number of aryl methyl sites for hydroxylation is 1. The molecule has 3 saturated heterocycles. The van der Waals surface area contributed by atoms with E-state index in [0.717, 1.165) is 50.9 Å². The van der Waals surface area contributed by atoms with E-state index in [9.17, 15) is 14.4 Å². The first-order valence-corrected chi connectivity index (χ1v) is 17.5. The summed E-state index contributed by atoms with van der Waals surface area (Å²) in [5, 5.41) is 5.44. The first kappa shape index (κ1) is 31.3. The van der Waals surface area contributed by atoms with Crippen molar-refractivity contribution in [2.45, 2.75) is 82.5 Å². The number of thiophene rings is 1. The van der Waals surface area contributed by atoms with Crippen molar-refractivity contribution in [2.75, 3.05) is 51.3 Å². The predicted molar refractivity (Wildman–Crippen MR) is 174 cm³/mol. The number of methoxy groups -OCH3 is 1. The lowest BCUT2D eigenvalue weighted by atomic mass is 9.99. The normalized spacial score (nSPS) is 23.4. The molecule has 11 heteroatoms. The molecule has 44 heavy (non-hydrogen) atoms. The van der Waals surface area contributed by atoms with Crippen LogP contribution in [0.2, 0.25) is 5.02 Å². The molecule has 0 spiro atoms. The molecule has 4 amide bonds. The van der Waals surface area contributed by atoms with Crippen LogP contribution in [-0.4, -0.2) is 97.1 Å². The first-order chi connectivity index (χ1) is 21.4. The number of nitrogens with one attached hydrogen (secondary N) is 1. The second-order valence-corrected chi connectivity index (χ2v) is 13.9. The lowest BCUT2D eigenvalue weighted by Gasteiger charge is -2.41. The molecule has 3 fully saturated rings. The number of amides is 4. The van der Waals surface area contributed by atoms with E-state index in [1.807, 2.05) is 21.2 Å². The van der Waals surface area contributed by atoms with Crippen LogP contribution < -0.4 is 10.2 Å². The van der Waals surface area contributed by atoms with Crippen molar-refractivity contribution in [2.24, 2.45) is 0 Å². The molecule has 2 atom stereocenters. The molecule has 6 rings (SSSR count). The third-order valence-electron chi connectivity index (χ3n) is 9.85. The molecule has 4 aliphatic rings. The number of benzene rings is 1. The minimum Gasteiger partial charge on any atom is -0.380 e. The van der Waals surface area contributed by atoms with Crippen LogP contribution >= 0.6 is 22.9 Å². The number of ether oxygens (including phenoxy) is 1. The molecule has 0 unspecified atom stereocenters. The molecule has 9 nitrogen and oxygen atoms in total. The Morgan fingerprint density at radius 2 is 1.77 bits per heavy atom. The van der Waals surface area contributed by atoms with Gasteiger partial charge < -0.3 is 29.7 Å². The molecule has 0 saturated carbocycles. The highest BCUT2D eigenvalue weighted by molar-refractivity contribution is 7.10. The molecular formula is C33H44ClN5O4S. The summed E-state index contributed by atoms with van der Waals surface area (Å²) in [6.45, 7) is 5.05. The first-order valence-electron chi connectivity index (χ1n) is 16.2. The van der Waals surface area contributed by atoms with Gasteiger partial charge in [-0.25, -0.2) is 4.79 Å². The van der Waals surface area contributed by atoms with E-state index in [4.69, 9.17) is 16.3 Å². The number of likely N-dealkylation sites (tertiary alicyclic amines) is 3. The average Bonchev–Trinajstić information content (AvgIpc) is 3.67. The summed E-state index contributed by atoms with van der Waals surface area (Å²) in [5.74, 6) is -0.0481. The summed E-state index contributed by atoms with van der Waals surface area (Å²) in [6, 6.07) is 7.01. The minimum absolute atomic E-state index is 0.0139. The Morgan fingerprint density at radius 3 is 2.52 bits per heavy atom. The zero-order chi connectivity index (χ0) is 30.6. The Kier molecular flexibility index (Phi) is 10.1. The number of piperidine rings is 2. The Morgan fingerprint density at radius 1 is 1.00 bits per heavy atom. The number of rotatable bonds is 6. The van der Waals surface area contributed by atoms with Crippen LogP contribution in [0.4, 0.5) is 10.5 Å². The van der Waals surface area contributed by atoms with Gasteiger partial charge in [-0.15, -0.1) is 11.3 Å². The number of fused-ring (bicyclic) bond motifs is 1. The number of urea groups is 1. The highest BCUT2D eigenvalue weighted by Gasteiger charge is 2.42. The van der Waals surface area contributed by atoms with Crippen molar-refractivity contribution in [3.8, 4) is 0 Å². The smallest absolute Gasteiger partial charge is 0.318 e. The van der Waals surface area contributed by atoms with Gasteiger partial charge in [-0.2, -0.15) is 0 Å². The molecule has 0 aliphatic carbocycles. The average molecular weight is 642 g/mol. The van der Waals surface area contributed by atoms with Gasteiger partial charge in [0.2, 0.25) is 5.91 Å². The van der Waals surface area contributed by atoms with E-state index in [2.05, 4.69) is 10.2 Å². The highest BCUT2D eigenvalue weighted by atomic mass is 35.5. The molecule has 0 radical (unpaired) electrons. The fraction of sp³-hybridized carbons (Fsp3) is 0.606. The fourth-order valence-corrected chi connectivity index (χ4v) is 8.44. The van der Waals surface area contributed by atoms with E-state index in [0.29, 0.717) is 41.7 Å². The van der Waals surface area contributed by atoms with Crippen LogP contribution in [0.3, 0.4) is 0 Å². The maximum absolute atomic E-state index is 13.7. The molecule has 1 N–H and O–H groups in total. The molecular weight excluding hydrogens is 598 g/mol. The summed E-state index contributed by atoms with van der Waals surface area (Å²) in [4.78, 5) is 49.8. The number of carbonyl (C=O) groups is 3. The van der Waals surface area contributed by atoms with Crippen LogP contribution in [0.1, 0.15) is 72.2 Å². The SMILES string of the molecule is CO[C@@H]1C[C@@H](C(=O)N2CCC(N3CCCCC3)CC2)N(C(=O)NCc2ccc(C(=O)N3CCCCc4sccc43)cc2Cl)C1. The third-order valence-corrected chi connectivity index (χ3v) is 11.2. The summed E-state index contributed by atoms with van der Waals surface area (Å²) >= 11 is 8.34. The molecule has 4 aliphatic heterocycles. The summed E-state index contributed by atoms with van der Waals surface area (Å²) in [5.41, 5.74) is 2.25. The van der Waals surface area contributed by atoms with Crippen molar-refractivity contribution in [1.82, 2.24) is 20.0 Å². The van der Waals surface area contributed by atoms with Crippen LogP contribution in [-0.2, 0) is 22.5 Å². The van der Waals surface area contributed by atoms with Crippen LogP contribution in [0, 0.1) is 0 Å². The largest absolute Gasteiger partial charge is 0.380 e. The maximum Gasteiger partial charge on any atom is 0.318 e. The minimum atomic E-state index is -0.544. The van der Waals surface area contributed by atoms with Crippen molar-refractivity contribution >= 4 is 46.5 Å². The monoisotopic (exact) mass is 641 g/mol. The van der Waals surface area contributed by atoms with Crippen LogP contribution in [0.5, 0.6) is 0 Å². The summed E-state index contributed by atoms with van der Waals surface area (Å²) < 4.78 is 5.59. The van der Waals surface area contributed by atoms with Gasteiger partial charge in [0, 0.05) is 67.8 Å². The lowest BCUT2D eigenvalue weighted by molar-refractivity contribution is -0.137. The second kappa shape index (κ2) is 14.2. The Bertz CT molecular complexity index is 1340. The summed E-state index contributed by atoms with van der Waals surface area (Å²) in [6.07, 6.45) is 9.18. The van der Waals surface area contributed by atoms with E-state index in [-0.39, 0.29) is 30.5 Å². The standard InChI is InChI=1S/C33H44ClN5O4S/c1-43-26-20-29(32(41)37-16-10-25(11-17-37)36-13-4-2-5-14-36)39(22-26)33(42)35-21-24-9-8-23(19-27(24)34)31(40)38-15-6-3-7-30-28(38)12-18-44-30/h8-9,12,18-19,25-26,29H,2-7,10-11,13-17,20-22H2,1H3,(H,35,42)/t26-,29+/m1/s1. The van der Waals surface area contributed by atoms with E-state index < -0.39 is 6.04 Å². The number of carbonyl (C=O) groups excluding carboxylic acids is 3. The van der Waals surface area contributed by atoms with Crippen molar-refractivity contribution in [3.05, 3.63) is 50.7 Å². The van der Waals surface area contributed by atoms with Crippen molar-refractivity contribution < 1.29 is 19.1 Å². The van der Waals surface area contributed by atoms with E-state index in [1.54, 1.807) is 41.5 Å². The molecule has 1 aromatic heterocycles. The summed E-state index contributed by atoms with van der Waals surface area (Å²) in [7, 11) is 1.63. The Hall–Kier alpha value is -2.66. The Labute approximate surface area is 269 Å². The van der Waals surface area contributed by atoms with Gasteiger partial charge in [0.05, 0.1) is 11.8 Å². The Balaban J connectivity index is 1.06. The maximum atomic E-state index is 13.7. The van der Waals surface area contributed by atoms with E-state index >= 15 is 0 Å². The fourth-order valence-electron chi connectivity index (χ4n) is 7.27. The van der Waals surface area contributed by atoms with Crippen LogP contribution in [0.15, 0.2) is 29.6 Å². The molecule has 1 aromatic carbocycles. The number of nitrogens with zero attached hydrogens (tertiary/aromatic N) is 4. The third kappa shape index (κ3) is 6.78. The van der Waals surface area contributed by atoms with E-state index in [1.165, 1.54) is 37.2 Å². The number of hydrogen-bond acceptors (Lipinski definition) is 6. The predicted octanol–water partition coefficient (Wildman–Crippen LogP) is 5.16. The molecule has 0 bridgehead atoms. The zero-order valence-corrected chi connectivity index (χ0v) is 27.2. The van der Waals surface area contributed by atoms with Gasteiger partial charge in [0.15, 0.2) is 0 Å². The zero-order valence-electron chi connectivity index (χ0n) is 25.6. The molecule has 5 heterocycles. The van der Waals surface area contributed by atoms with Gasteiger partial charge in [0.1, 0.15) is 6.04 Å². The number of anilines is 1. The number of halogens is 1. The van der Waals surface area contributed by atoms with Gasteiger partial charge in [-0.1, -0.05) is 24.1 Å². The van der Waals surface area contributed by atoms with Crippen molar-refractivity contribution in [1.29, 1.82) is 0 Å². The van der Waals surface area contributed by atoms with Crippen LogP contribution in [0.25, 0.3) is 0 Å². The topological polar surface area (TPSA) is 85.4 Å². The quantitative estimate of drug-likeness (QED) is 0.471. The number of hydrogen-bond donors (Lipinski definition) is 1. The highest BCUT2D eigenvalue weighted by Crippen LogP contribution is 2.33. The van der Waals surface area contributed by atoms with Gasteiger partial charge in [0.25, 0.3) is 5.91 Å². The molecule has 238 valence electrons.